The molecule has 8 heteroatoms. The Bertz CT molecular complexity index is 870. The van der Waals surface area contributed by atoms with Gasteiger partial charge in [0, 0.05) is 43.0 Å². The summed E-state index contributed by atoms with van der Waals surface area (Å²) in [5.41, 5.74) is 13.7. The van der Waals surface area contributed by atoms with Crippen molar-refractivity contribution in [2.45, 2.75) is 58.5 Å². The molecule has 1 amide bonds. The van der Waals surface area contributed by atoms with Crippen molar-refractivity contribution < 1.29 is 4.79 Å². The molecule has 0 atom stereocenters. The van der Waals surface area contributed by atoms with E-state index in [0.717, 1.165) is 63.2 Å². The molecule has 1 spiro atoms. The summed E-state index contributed by atoms with van der Waals surface area (Å²) in [6.45, 7) is 9.10. The van der Waals surface area contributed by atoms with Crippen LogP contribution in [0, 0.1) is 5.41 Å². The van der Waals surface area contributed by atoms with Crippen molar-refractivity contribution in [3.8, 4) is 0 Å². The molecule has 1 aromatic rings. The first-order valence-electron chi connectivity index (χ1n) is 11.3. The lowest BCUT2D eigenvalue weighted by Gasteiger charge is -2.45. The number of aliphatic imine (C=N–C) groups is 2. The number of carbonyl (C=O) groups excluding carboxylic acids is 1. The van der Waals surface area contributed by atoms with E-state index in [-0.39, 0.29) is 17.3 Å². The molecule has 0 aromatic heterocycles. The van der Waals surface area contributed by atoms with Crippen LogP contribution < -0.4 is 21.3 Å². The van der Waals surface area contributed by atoms with Gasteiger partial charge in [-0.05, 0) is 49.9 Å². The van der Waals surface area contributed by atoms with E-state index in [1.165, 1.54) is 6.42 Å². The van der Waals surface area contributed by atoms with E-state index in [9.17, 15) is 4.79 Å². The molecule has 0 radical (unpaired) electrons. The second-order valence-corrected chi connectivity index (χ2v) is 9.86. The van der Waals surface area contributed by atoms with Crippen molar-refractivity contribution in [2.24, 2.45) is 26.9 Å². The fourth-order valence-corrected chi connectivity index (χ4v) is 4.95. The summed E-state index contributed by atoms with van der Waals surface area (Å²) in [6.07, 6.45) is 5.28. The normalized spacial score (nSPS) is 21.7. The minimum atomic E-state index is -0.422. The number of anilines is 2. The molecule has 1 saturated carbocycles. The Hall–Kier alpha value is -2.77. The summed E-state index contributed by atoms with van der Waals surface area (Å²) in [5.74, 6) is 0.909. The third kappa shape index (κ3) is 4.20. The van der Waals surface area contributed by atoms with Gasteiger partial charge in [-0.2, -0.15) is 4.99 Å². The Balaban J connectivity index is 1.48. The number of benzene rings is 1. The smallest absolute Gasteiger partial charge is 0.228 e. The van der Waals surface area contributed by atoms with Crippen molar-refractivity contribution in [1.82, 2.24) is 4.90 Å². The van der Waals surface area contributed by atoms with Gasteiger partial charge >= 0.3 is 0 Å². The average Bonchev–Trinajstić information content (AvgIpc) is 2.73. The first kappa shape index (κ1) is 21.5. The minimum absolute atomic E-state index is 0.222. The maximum atomic E-state index is 12.5. The van der Waals surface area contributed by atoms with Crippen molar-refractivity contribution >= 4 is 29.2 Å². The topological polar surface area (TPSA) is 104 Å². The summed E-state index contributed by atoms with van der Waals surface area (Å²) in [6, 6.07) is 8.44. The third-order valence-corrected chi connectivity index (χ3v) is 6.53. The van der Waals surface area contributed by atoms with Crippen LogP contribution in [0.4, 0.5) is 11.4 Å². The molecule has 2 fully saturated rings. The first-order valence-corrected chi connectivity index (χ1v) is 11.3. The molecular formula is C23H35N7O. The summed E-state index contributed by atoms with van der Waals surface area (Å²) >= 11 is 0. The van der Waals surface area contributed by atoms with Crippen LogP contribution in [-0.4, -0.2) is 54.6 Å². The monoisotopic (exact) mass is 425 g/mol. The van der Waals surface area contributed by atoms with Gasteiger partial charge < -0.3 is 21.3 Å². The Morgan fingerprint density at radius 2 is 1.52 bits per heavy atom. The molecule has 2 heterocycles. The number of nitrogens with zero attached hydrogens (tertiary/aromatic N) is 5. The lowest BCUT2D eigenvalue weighted by molar-refractivity contribution is -0.139. The Labute approximate surface area is 185 Å². The predicted molar refractivity (Wildman–Crippen MR) is 126 cm³/mol. The van der Waals surface area contributed by atoms with E-state index in [1.807, 2.05) is 25.7 Å². The zero-order valence-corrected chi connectivity index (χ0v) is 19.0. The molecular weight excluding hydrogens is 390 g/mol. The van der Waals surface area contributed by atoms with Gasteiger partial charge in [0.05, 0.1) is 0 Å². The van der Waals surface area contributed by atoms with Crippen molar-refractivity contribution in [3.63, 3.8) is 0 Å². The third-order valence-electron chi connectivity index (χ3n) is 6.53. The number of carbonyl (C=O) groups is 1. The molecule has 1 saturated heterocycles. The number of rotatable bonds is 2. The molecule has 1 aliphatic carbocycles. The molecule has 168 valence electrons. The van der Waals surface area contributed by atoms with E-state index >= 15 is 0 Å². The summed E-state index contributed by atoms with van der Waals surface area (Å²) in [5, 5.41) is 0. The second kappa shape index (κ2) is 8.05. The average molecular weight is 426 g/mol. The molecule has 4 N–H and O–H groups in total. The summed E-state index contributed by atoms with van der Waals surface area (Å²) in [7, 11) is 0. The van der Waals surface area contributed by atoms with Gasteiger partial charge in [0.25, 0.3) is 0 Å². The molecule has 0 unspecified atom stereocenters. The van der Waals surface area contributed by atoms with E-state index in [1.54, 1.807) is 0 Å². The molecule has 2 aliphatic heterocycles. The lowest BCUT2D eigenvalue weighted by Crippen LogP contribution is -2.58. The van der Waals surface area contributed by atoms with E-state index in [2.05, 4.69) is 39.1 Å². The maximum absolute atomic E-state index is 12.5. The van der Waals surface area contributed by atoms with Crippen LogP contribution in [-0.2, 0) is 4.79 Å². The highest BCUT2D eigenvalue weighted by Gasteiger charge is 2.42. The number of guanidine groups is 2. The molecule has 8 nitrogen and oxygen atoms in total. The Kier molecular flexibility index (Phi) is 5.58. The number of hydrogen-bond acceptors (Lipinski definition) is 7. The van der Waals surface area contributed by atoms with Gasteiger partial charge in [-0.1, -0.05) is 27.2 Å². The first-order chi connectivity index (χ1) is 14.7. The highest BCUT2D eigenvalue weighted by Crippen LogP contribution is 2.39. The fraction of sp³-hybridized carbons (Fsp3) is 0.609. The molecule has 31 heavy (non-hydrogen) atoms. The van der Waals surface area contributed by atoms with Gasteiger partial charge in [-0.15, -0.1) is 0 Å². The van der Waals surface area contributed by atoms with Crippen molar-refractivity contribution in [2.75, 3.05) is 36.0 Å². The zero-order valence-electron chi connectivity index (χ0n) is 19.0. The van der Waals surface area contributed by atoms with Crippen molar-refractivity contribution in [3.05, 3.63) is 24.3 Å². The minimum Gasteiger partial charge on any atom is -0.369 e. The van der Waals surface area contributed by atoms with Gasteiger partial charge in [0.15, 0.2) is 0 Å². The maximum Gasteiger partial charge on any atom is 0.228 e. The van der Waals surface area contributed by atoms with Crippen LogP contribution >= 0.6 is 0 Å². The van der Waals surface area contributed by atoms with Crippen LogP contribution in [0.5, 0.6) is 0 Å². The van der Waals surface area contributed by atoms with Gasteiger partial charge in [-0.3, -0.25) is 9.69 Å². The summed E-state index contributed by atoms with van der Waals surface area (Å²) in [4.78, 5) is 27.9. The van der Waals surface area contributed by atoms with Crippen LogP contribution in [0.1, 0.15) is 52.9 Å². The lowest BCUT2D eigenvalue weighted by atomic mass is 9.87. The standard InChI is InChI=1S/C23H35N7O/c1-22(2,3)19(31)29-15-13-28(14-16-29)17-7-9-18(10-8-17)30-21(25)26-20(24)27-23(30)11-5-4-6-12-23/h7-10H,4-6,11-16H2,1-3H3,(H4,24,25,26,27). The number of nitrogens with two attached hydrogens (primary N) is 2. The number of piperazine rings is 1. The van der Waals surface area contributed by atoms with Gasteiger partial charge in [0.1, 0.15) is 5.66 Å². The molecule has 0 bridgehead atoms. The van der Waals surface area contributed by atoms with Crippen LogP contribution in [0.2, 0.25) is 0 Å². The highest BCUT2D eigenvalue weighted by molar-refractivity contribution is 6.05. The van der Waals surface area contributed by atoms with E-state index < -0.39 is 5.66 Å². The highest BCUT2D eigenvalue weighted by atomic mass is 16.2. The van der Waals surface area contributed by atoms with Crippen molar-refractivity contribution in [1.29, 1.82) is 0 Å². The van der Waals surface area contributed by atoms with Crippen LogP contribution in [0.15, 0.2) is 34.3 Å². The molecule has 4 rings (SSSR count). The van der Waals surface area contributed by atoms with E-state index in [4.69, 9.17) is 16.5 Å². The predicted octanol–water partition coefficient (Wildman–Crippen LogP) is 2.49. The second-order valence-electron chi connectivity index (χ2n) is 9.86. The Morgan fingerprint density at radius 3 is 2.10 bits per heavy atom. The zero-order chi connectivity index (χ0) is 22.2. The number of hydrogen-bond donors (Lipinski definition) is 2. The van der Waals surface area contributed by atoms with Crippen LogP contribution in [0.25, 0.3) is 0 Å². The summed E-state index contributed by atoms with van der Waals surface area (Å²) < 4.78 is 0. The molecule has 3 aliphatic rings. The quantitative estimate of drug-likeness (QED) is 0.758. The van der Waals surface area contributed by atoms with Gasteiger partial charge in [-0.25, -0.2) is 4.99 Å². The Morgan fingerprint density at radius 1 is 0.935 bits per heavy atom. The molecule has 1 aromatic carbocycles. The number of amides is 1. The van der Waals surface area contributed by atoms with Gasteiger partial charge in [0.2, 0.25) is 17.8 Å². The SMILES string of the molecule is CC(C)(C)C(=O)N1CCN(c2ccc(N3C(N)=NC(N)=NC34CCCCC4)cc2)CC1. The van der Waals surface area contributed by atoms with E-state index in [0.29, 0.717) is 5.96 Å². The van der Waals surface area contributed by atoms with Crippen LogP contribution in [0.3, 0.4) is 0 Å². The fourth-order valence-electron chi connectivity index (χ4n) is 4.95. The largest absolute Gasteiger partial charge is 0.369 e.